The van der Waals surface area contributed by atoms with Gasteiger partial charge in [-0.15, -0.1) is 11.3 Å². The molecule has 1 saturated heterocycles. The van der Waals surface area contributed by atoms with Crippen molar-refractivity contribution >= 4 is 17.0 Å². The number of benzene rings is 1. The van der Waals surface area contributed by atoms with E-state index in [0.29, 0.717) is 48.5 Å². The Kier molecular flexibility index (Phi) is 7.40. The monoisotopic (exact) mass is 518 g/mol. The maximum Gasteiger partial charge on any atom is 0.148 e. The molecule has 0 radical (unpaired) electrons. The van der Waals surface area contributed by atoms with Crippen LogP contribution in [0.15, 0.2) is 72.2 Å². The van der Waals surface area contributed by atoms with Crippen LogP contribution in [0.4, 0.5) is 10.1 Å². The molecule has 0 amide bonds. The Labute approximate surface area is 218 Å². The number of aryl methyl sites for hydroxylation is 1. The first kappa shape index (κ1) is 24.8. The molecular weight excluding hydrogens is 491 g/mol. The lowest BCUT2D eigenvalue weighted by atomic mass is 9.92. The Morgan fingerprint density at radius 2 is 2.03 bits per heavy atom. The highest BCUT2D eigenvalue weighted by Crippen LogP contribution is 2.35. The van der Waals surface area contributed by atoms with Gasteiger partial charge in [0, 0.05) is 49.9 Å². The summed E-state index contributed by atoms with van der Waals surface area (Å²) in [5.74, 6) is 1.43. The third-order valence-electron chi connectivity index (χ3n) is 6.34. The second-order valence-electron chi connectivity index (χ2n) is 8.90. The van der Waals surface area contributed by atoms with Crippen LogP contribution in [0.2, 0.25) is 0 Å². The molecule has 3 heterocycles. The average Bonchev–Trinajstić information content (AvgIpc) is 3.43. The highest BCUT2D eigenvalue weighted by atomic mass is 32.1. The zero-order chi connectivity index (χ0) is 25.8. The van der Waals surface area contributed by atoms with Crippen molar-refractivity contribution in [2.24, 2.45) is 0 Å². The fourth-order valence-electron chi connectivity index (χ4n) is 4.45. The maximum absolute atomic E-state index is 14.2. The number of thiazole rings is 1. The number of halogens is 1. The van der Waals surface area contributed by atoms with Crippen LogP contribution in [0, 0.1) is 18.3 Å². The molecule has 2 aromatic heterocycles. The number of aromatic nitrogens is 2. The van der Waals surface area contributed by atoms with E-state index in [4.69, 9.17) is 19.9 Å². The molecule has 0 unspecified atom stereocenters. The quantitative estimate of drug-likeness (QED) is 0.400. The van der Waals surface area contributed by atoms with E-state index in [2.05, 4.69) is 11.1 Å². The molecule has 37 heavy (non-hydrogen) atoms. The maximum atomic E-state index is 14.2. The largest absolute Gasteiger partial charge is 0.488 e. The molecule has 1 aliphatic carbocycles. The van der Waals surface area contributed by atoms with Crippen molar-refractivity contribution in [3.63, 3.8) is 0 Å². The first-order chi connectivity index (χ1) is 18.0. The topological polar surface area (TPSA) is 95.3 Å². The summed E-state index contributed by atoms with van der Waals surface area (Å²) in [5, 5.41) is 10.7. The summed E-state index contributed by atoms with van der Waals surface area (Å²) in [6.07, 6.45) is 10.3. The fourth-order valence-corrected chi connectivity index (χ4v) is 5.16. The van der Waals surface area contributed by atoms with Crippen LogP contribution >= 0.6 is 11.3 Å². The van der Waals surface area contributed by atoms with Gasteiger partial charge >= 0.3 is 0 Å². The summed E-state index contributed by atoms with van der Waals surface area (Å²) < 4.78 is 33.3. The van der Waals surface area contributed by atoms with Gasteiger partial charge in [-0.2, -0.15) is 5.26 Å². The molecule has 0 atom stereocenters. The molecule has 0 spiro atoms. The minimum atomic E-state index is -0.379. The Morgan fingerprint density at radius 3 is 2.73 bits per heavy atom. The lowest BCUT2D eigenvalue weighted by molar-refractivity contribution is 0.0855. The fraction of sp³-hybridized carbons (Fsp3) is 0.286. The number of hydrogen-bond acceptors (Lipinski definition) is 7. The Hall–Kier alpha value is -3.87. The van der Waals surface area contributed by atoms with Crippen LogP contribution in [-0.4, -0.2) is 22.8 Å². The molecule has 0 bridgehead atoms. The van der Waals surface area contributed by atoms with E-state index in [1.807, 2.05) is 42.0 Å². The zero-order valence-electron chi connectivity index (χ0n) is 20.4. The molecule has 2 N–H and O–H groups in total. The number of nitriles is 1. The molecule has 1 aromatic carbocycles. The second-order valence-corrected chi connectivity index (χ2v) is 10.2. The highest BCUT2D eigenvalue weighted by molar-refractivity contribution is 7.11. The summed E-state index contributed by atoms with van der Waals surface area (Å²) in [6, 6.07) is 9.62. The van der Waals surface area contributed by atoms with Gasteiger partial charge in [0.2, 0.25) is 0 Å². The minimum Gasteiger partial charge on any atom is -0.488 e. The molecule has 190 valence electrons. The number of anilines is 1. The van der Waals surface area contributed by atoms with Gasteiger partial charge in [0.15, 0.2) is 0 Å². The zero-order valence-corrected chi connectivity index (χ0v) is 21.3. The average molecular weight is 519 g/mol. The van der Waals surface area contributed by atoms with Crippen LogP contribution in [0.5, 0.6) is 5.75 Å². The van der Waals surface area contributed by atoms with Crippen molar-refractivity contribution in [3.05, 3.63) is 93.4 Å². The molecule has 0 saturated carbocycles. The van der Waals surface area contributed by atoms with Gasteiger partial charge in [-0.1, -0.05) is 0 Å². The standard InChI is InChI=1S/C28H27FN4O3S/c1-18-32-15-25(37-18)17-35-24-12-20(29)2-5-23(13-24)36-22-6-3-21(4-7-22)33-16-26(28(31)27(33)14-30)19-8-10-34-11-9-19/h2-4,6-7,12-13,15-16,19H,5,8-11,17,31H2,1H3. The molecule has 3 aromatic rings. The summed E-state index contributed by atoms with van der Waals surface area (Å²) in [7, 11) is 0. The van der Waals surface area contributed by atoms with Crippen molar-refractivity contribution in [1.29, 1.82) is 5.26 Å². The van der Waals surface area contributed by atoms with Crippen LogP contribution in [0.1, 0.15) is 46.3 Å². The third-order valence-corrected chi connectivity index (χ3v) is 7.22. The van der Waals surface area contributed by atoms with Gasteiger partial charge in [0.25, 0.3) is 0 Å². The number of nitrogens with zero attached hydrogens (tertiary/aromatic N) is 3. The van der Waals surface area contributed by atoms with Crippen LogP contribution in [-0.2, 0) is 16.1 Å². The van der Waals surface area contributed by atoms with Gasteiger partial charge in [0.1, 0.15) is 41.5 Å². The van der Waals surface area contributed by atoms with Crippen LogP contribution in [0.25, 0.3) is 5.69 Å². The predicted molar refractivity (Wildman–Crippen MR) is 140 cm³/mol. The molecular formula is C28H27FN4O3S. The van der Waals surface area contributed by atoms with Gasteiger partial charge in [-0.25, -0.2) is 9.37 Å². The smallest absolute Gasteiger partial charge is 0.148 e. The van der Waals surface area contributed by atoms with Crippen LogP contribution < -0.4 is 10.5 Å². The molecule has 2 aliphatic rings. The second kappa shape index (κ2) is 11.0. The summed E-state index contributed by atoms with van der Waals surface area (Å²) in [5.41, 5.74) is 9.11. The van der Waals surface area contributed by atoms with Crippen molar-refractivity contribution in [2.45, 2.75) is 38.7 Å². The predicted octanol–water partition coefficient (Wildman–Crippen LogP) is 6.21. The van der Waals surface area contributed by atoms with E-state index < -0.39 is 0 Å². The Balaban J connectivity index is 1.31. The summed E-state index contributed by atoms with van der Waals surface area (Å²) in [6.45, 7) is 3.63. The number of rotatable bonds is 7. The number of nitrogen functional groups attached to an aromatic ring is 1. The molecule has 1 aliphatic heterocycles. The van der Waals surface area contributed by atoms with E-state index in [9.17, 15) is 9.65 Å². The summed E-state index contributed by atoms with van der Waals surface area (Å²) in [4.78, 5) is 5.18. The molecule has 5 rings (SSSR count). The number of allylic oxidation sites excluding steroid dienone is 4. The van der Waals surface area contributed by atoms with Gasteiger partial charge < -0.3 is 24.5 Å². The van der Waals surface area contributed by atoms with Crippen molar-refractivity contribution < 1.29 is 18.6 Å². The lowest BCUT2D eigenvalue weighted by Crippen LogP contribution is -2.14. The van der Waals surface area contributed by atoms with Crippen molar-refractivity contribution in [3.8, 4) is 17.5 Å². The molecule has 1 fully saturated rings. The summed E-state index contributed by atoms with van der Waals surface area (Å²) >= 11 is 1.54. The number of nitrogens with two attached hydrogens (primary N) is 1. The molecule has 7 nitrogen and oxygen atoms in total. The SMILES string of the molecule is Cc1ncc(COC2=CC(F)=CCC(Oc3ccc(-n4cc(C5CCOCC5)c(N)c4C#N)cc3)=C2)s1. The first-order valence-electron chi connectivity index (χ1n) is 12.1. The molecule has 9 heteroatoms. The van der Waals surface area contributed by atoms with Crippen molar-refractivity contribution in [2.75, 3.05) is 18.9 Å². The lowest BCUT2D eigenvalue weighted by Gasteiger charge is -2.21. The van der Waals surface area contributed by atoms with E-state index >= 15 is 0 Å². The van der Waals surface area contributed by atoms with E-state index in [1.165, 1.54) is 23.5 Å². The first-order valence-corrected chi connectivity index (χ1v) is 12.9. The third kappa shape index (κ3) is 5.77. The van der Waals surface area contributed by atoms with E-state index in [0.717, 1.165) is 34.0 Å². The highest BCUT2D eigenvalue weighted by Gasteiger charge is 2.23. The Bertz CT molecular complexity index is 1410. The minimum absolute atomic E-state index is 0.282. The van der Waals surface area contributed by atoms with E-state index in [-0.39, 0.29) is 18.2 Å². The van der Waals surface area contributed by atoms with E-state index in [1.54, 1.807) is 12.3 Å². The van der Waals surface area contributed by atoms with Gasteiger partial charge in [0.05, 0.1) is 15.6 Å². The van der Waals surface area contributed by atoms with Gasteiger partial charge in [-0.3, -0.25) is 0 Å². The number of ether oxygens (including phenoxy) is 3. The Morgan fingerprint density at radius 1 is 1.24 bits per heavy atom. The number of hydrogen-bond donors (Lipinski definition) is 1. The van der Waals surface area contributed by atoms with Gasteiger partial charge in [-0.05, 0) is 61.6 Å². The van der Waals surface area contributed by atoms with Crippen LogP contribution in [0.3, 0.4) is 0 Å². The normalized spacial score (nSPS) is 16.3. The van der Waals surface area contributed by atoms with Crippen molar-refractivity contribution in [1.82, 2.24) is 9.55 Å².